The largest absolute Gasteiger partial charge is 0.368 e. The Hall–Kier alpha value is -4.05. The van der Waals surface area contributed by atoms with Crippen molar-refractivity contribution in [2.75, 3.05) is 24.7 Å². The summed E-state index contributed by atoms with van der Waals surface area (Å²) in [7, 11) is 3.75. The zero-order valence-electron chi connectivity index (χ0n) is 20.6. The fourth-order valence-corrected chi connectivity index (χ4v) is 4.93. The van der Waals surface area contributed by atoms with Crippen molar-refractivity contribution >= 4 is 34.6 Å². The average Bonchev–Trinajstić information content (AvgIpc) is 3.30. The number of hydrogen-bond donors (Lipinski definition) is 1. The number of nitrogens with two attached hydrogens (primary N) is 1. The van der Waals surface area contributed by atoms with Gasteiger partial charge < -0.3 is 15.2 Å². The Labute approximate surface area is 213 Å². The number of thioether (sulfide) groups is 1. The zero-order chi connectivity index (χ0) is 25.2. The van der Waals surface area contributed by atoms with E-state index in [0.717, 1.165) is 38.7 Å². The monoisotopic (exact) mass is 497 g/mol. The zero-order valence-corrected chi connectivity index (χ0v) is 21.4. The van der Waals surface area contributed by atoms with Crippen molar-refractivity contribution in [3.05, 3.63) is 66.5 Å². The summed E-state index contributed by atoms with van der Waals surface area (Å²) in [6.07, 6.45) is 0. The Morgan fingerprint density at radius 1 is 0.944 bits per heavy atom. The van der Waals surface area contributed by atoms with Crippen molar-refractivity contribution in [2.24, 2.45) is 0 Å². The number of nitrogens with zero attached hydrogens (tertiary/aromatic N) is 8. The van der Waals surface area contributed by atoms with Crippen LogP contribution in [0.15, 0.2) is 65.8 Å². The number of aromatic nitrogens is 7. The highest BCUT2D eigenvalue weighted by atomic mass is 32.2. The van der Waals surface area contributed by atoms with E-state index in [4.69, 9.17) is 10.7 Å². The molecule has 9 nitrogen and oxygen atoms in total. The van der Waals surface area contributed by atoms with Crippen LogP contribution < -0.4 is 10.6 Å². The molecule has 2 N–H and O–H groups in total. The van der Waals surface area contributed by atoms with Gasteiger partial charge in [-0.1, -0.05) is 60.3 Å². The summed E-state index contributed by atoms with van der Waals surface area (Å²) >= 11 is 1.55. The number of pyridine rings is 1. The Morgan fingerprint density at radius 3 is 2.44 bits per heavy atom. The topological polar surface area (TPSA) is 112 Å². The molecule has 0 saturated heterocycles. The van der Waals surface area contributed by atoms with Crippen LogP contribution in [-0.4, -0.2) is 48.8 Å². The number of hydrogen-bond acceptors (Lipinski definition) is 9. The minimum atomic E-state index is -0.106. The van der Waals surface area contributed by atoms with E-state index in [1.807, 2.05) is 62.3 Å². The molecule has 3 aromatic heterocycles. The van der Waals surface area contributed by atoms with E-state index in [0.29, 0.717) is 18.3 Å². The molecule has 3 heterocycles. The lowest BCUT2D eigenvalue weighted by molar-refractivity contribution is 0.685. The quantitative estimate of drug-likeness (QED) is 0.315. The lowest BCUT2D eigenvalue weighted by Crippen LogP contribution is -2.16. The first-order chi connectivity index (χ1) is 17.4. The van der Waals surface area contributed by atoms with Crippen molar-refractivity contribution < 1.29 is 0 Å². The lowest BCUT2D eigenvalue weighted by Gasteiger charge is -2.15. The van der Waals surface area contributed by atoms with Crippen molar-refractivity contribution in [1.82, 2.24) is 34.7 Å². The van der Waals surface area contributed by atoms with Gasteiger partial charge in [0.2, 0.25) is 11.9 Å². The molecule has 36 heavy (non-hydrogen) atoms. The molecule has 5 aromatic rings. The van der Waals surface area contributed by atoms with Gasteiger partial charge >= 0.3 is 0 Å². The highest BCUT2D eigenvalue weighted by Crippen LogP contribution is 2.37. The molecule has 0 fully saturated rings. The van der Waals surface area contributed by atoms with Gasteiger partial charge in [-0.15, -0.1) is 10.2 Å². The predicted molar refractivity (Wildman–Crippen MR) is 145 cm³/mol. The molecule has 1 unspecified atom stereocenters. The second-order valence-electron chi connectivity index (χ2n) is 8.49. The molecule has 0 spiro atoms. The molecule has 2 aromatic carbocycles. The van der Waals surface area contributed by atoms with Crippen LogP contribution in [0.3, 0.4) is 0 Å². The standard InChI is InChI=1S/C26H27N9S/c1-5-35-23(32-33-26(35)36-16(2)22-29-24(27)31-25(30-22)34(3)4)19-15-21(17-11-7-6-8-12-17)28-20-14-10-9-13-18(19)20/h6-16H,5H2,1-4H3,(H2,27,29,30,31). The molecule has 182 valence electrons. The van der Waals surface area contributed by atoms with E-state index in [1.54, 1.807) is 11.8 Å². The summed E-state index contributed by atoms with van der Waals surface area (Å²) in [5.41, 5.74) is 9.80. The lowest BCUT2D eigenvalue weighted by atomic mass is 10.0. The first-order valence-corrected chi connectivity index (χ1v) is 12.6. The van der Waals surface area contributed by atoms with Crippen LogP contribution in [0, 0.1) is 0 Å². The molecular formula is C26H27N9S. The molecule has 0 aliphatic heterocycles. The van der Waals surface area contributed by atoms with Gasteiger partial charge in [-0.25, -0.2) is 4.98 Å². The Morgan fingerprint density at radius 2 is 1.69 bits per heavy atom. The number of para-hydroxylation sites is 1. The third-order valence-electron chi connectivity index (χ3n) is 5.76. The Kier molecular flexibility index (Phi) is 6.51. The van der Waals surface area contributed by atoms with Crippen LogP contribution in [0.5, 0.6) is 0 Å². The normalized spacial score (nSPS) is 12.1. The van der Waals surface area contributed by atoms with Gasteiger partial charge in [0.15, 0.2) is 11.0 Å². The maximum atomic E-state index is 5.94. The number of nitrogen functional groups attached to an aromatic ring is 1. The minimum Gasteiger partial charge on any atom is -0.368 e. The number of fused-ring (bicyclic) bond motifs is 1. The van der Waals surface area contributed by atoms with Gasteiger partial charge in [0.1, 0.15) is 5.82 Å². The maximum Gasteiger partial charge on any atom is 0.229 e. The van der Waals surface area contributed by atoms with Gasteiger partial charge in [0, 0.05) is 37.2 Å². The highest BCUT2D eigenvalue weighted by Gasteiger charge is 2.21. The molecule has 0 aliphatic carbocycles. The van der Waals surface area contributed by atoms with E-state index in [2.05, 4.69) is 60.9 Å². The molecule has 1 atom stereocenters. The van der Waals surface area contributed by atoms with E-state index in [-0.39, 0.29) is 11.2 Å². The number of benzene rings is 2. The van der Waals surface area contributed by atoms with Gasteiger partial charge in [-0.05, 0) is 26.0 Å². The molecule has 0 saturated carbocycles. The van der Waals surface area contributed by atoms with E-state index < -0.39 is 0 Å². The molecule has 0 bridgehead atoms. The van der Waals surface area contributed by atoms with E-state index >= 15 is 0 Å². The van der Waals surface area contributed by atoms with Crippen molar-refractivity contribution in [3.8, 4) is 22.6 Å². The van der Waals surface area contributed by atoms with Crippen molar-refractivity contribution in [1.29, 1.82) is 0 Å². The summed E-state index contributed by atoms with van der Waals surface area (Å²) in [6.45, 7) is 4.83. The van der Waals surface area contributed by atoms with Crippen molar-refractivity contribution in [2.45, 2.75) is 30.8 Å². The summed E-state index contributed by atoms with van der Waals surface area (Å²) in [4.78, 5) is 19.9. The van der Waals surface area contributed by atoms with Gasteiger partial charge in [0.25, 0.3) is 0 Å². The van der Waals surface area contributed by atoms with E-state index in [1.165, 1.54) is 0 Å². The molecular weight excluding hydrogens is 470 g/mol. The van der Waals surface area contributed by atoms with Crippen LogP contribution in [-0.2, 0) is 6.54 Å². The Bertz CT molecular complexity index is 1520. The molecule has 10 heteroatoms. The fourth-order valence-electron chi connectivity index (χ4n) is 3.97. The summed E-state index contributed by atoms with van der Waals surface area (Å²) < 4.78 is 2.12. The molecule has 0 amide bonds. The fraction of sp³-hybridized carbons (Fsp3) is 0.231. The summed E-state index contributed by atoms with van der Waals surface area (Å²) in [5.74, 6) is 2.13. The number of rotatable bonds is 7. The van der Waals surface area contributed by atoms with Crippen LogP contribution in [0.25, 0.3) is 33.5 Å². The van der Waals surface area contributed by atoms with Gasteiger partial charge in [0.05, 0.1) is 16.5 Å². The van der Waals surface area contributed by atoms with Crippen LogP contribution >= 0.6 is 11.8 Å². The summed E-state index contributed by atoms with van der Waals surface area (Å²) in [6, 6.07) is 20.4. The van der Waals surface area contributed by atoms with Gasteiger partial charge in [-0.2, -0.15) is 15.0 Å². The second kappa shape index (κ2) is 9.90. The predicted octanol–water partition coefficient (Wildman–Crippen LogP) is 4.87. The molecule has 5 rings (SSSR count). The maximum absolute atomic E-state index is 5.94. The first kappa shape index (κ1) is 23.7. The SMILES string of the molecule is CCn1c(SC(C)c2nc(N)nc(N(C)C)n2)nnc1-c1cc(-c2ccccc2)nc2ccccc12. The third kappa shape index (κ3) is 4.59. The molecule has 0 aliphatic rings. The van der Waals surface area contributed by atoms with E-state index in [9.17, 15) is 0 Å². The number of anilines is 2. The smallest absolute Gasteiger partial charge is 0.229 e. The molecule has 0 radical (unpaired) electrons. The highest BCUT2D eigenvalue weighted by molar-refractivity contribution is 7.99. The summed E-state index contributed by atoms with van der Waals surface area (Å²) in [5, 5.41) is 10.9. The van der Waals surface area contributed by atoms with Crippen LogP contribution in [0.1, 0.15) is 24.9 Å². The average molecular weight is 498 g/mol. The van der Waals surface area contributed by atoms with Crippen LogP contribution in [0.4, 0.5) is 11.9 Å². The third-order valence-corrected chi connectivity index (χ3v) is 6.84. The van der Waals surface area contributed by atoms with Gasteiger partial charge in [-0.3, -0.25) is 0 Å². The minimum absolute atomic E-state index is 0.106. The van der Waals surface area contributed by atoms with Crippen LogP contribution in [0.2, 0.25) is 0 Å². The first-order valence-electron chi connectivity index (χ1n) is 11.7. The van der Waals surface area contributed by atoms with Crippen molar-refractivity contribution in [3.63, 3.8) is 0 Å². The second-order valence-corrected chi connectivity index (χ2v) is 9.80. The Balaban J connectivity index is 1.56.